The van der Waals surface area contributed by atoms with E-state index < -0.39 is 11.2 Å². The molecule has 2 heterocycles. The molecular weight excluding hydrogens is 557 g/mol. The van der Waals surface area contributed by atoms with E-state index in [1.807, 2.05) is 22.7 Å². The first-order valence-corrected chi connectivity index (χ1v) is 18.7. The quantitative estimate of drug-likeness (QED) is 0.441. The van der Waals surface area contributed by atoms with Crippen molar-refractivity contribution in [3.05, 3.63) is 21.9 Å². The summed E-state index contributed by atoms with van der Waals surface area (Å²) < 4.78 is 2.95. The van der Waals surface area contributed by atoms with Gasteiger partial charge < -0.3 is 10.2 Å². The summed E-state index contributed by atoms with van der Waals surface area (Å²) in [5, 5.41) is 22.7. The highest BCUT2D eigenvalue weighted by molar-refractivity contribution is 8.70. The maximum absolute atomic E-state index is 9.10. The van der Waals surface area contributed by atoms with E-state index in [-0.39, 0.29) is 7.43 Å². The zero-order valence-electron chi connectivity index (χ0n) is 16.1. The summed E-state index contributed by atoms with van der Waals surface area (Å²) in [6.45, 7) is 10.7. The molecule has 2 aromatic heterocycles. The first-order valence-electron chi connectivity index (χ1n) is 7.57. The molecule has 0 saturated heterocycles. The van der Waals surface area contributed by atoms with E-state index >= 15 is 0 Å². The maximum atomic E-state index is 9.10. The first kappa shape index (κ1) is 32.1. The molecule has 0 amide bonds. The van der Waals surface area contributed by atoms with Gasteiger partial charge in [0.15, 0.2) is 0 Å². The highest BCUT2D eigenvalue weighted by Gasteiger charge is 2.10. The van der Waals surface area contributed by atoms with Crippen molar-refractivity contribution in [3.8, 4) is 11.8 Å². The predicted molar refractivity (Wildman–Crippen MR) is 155 cm³/mol. The Morgan fingerprint density at radius 1 is 0.759 bits per heavy atom. The van der Waals surface area contributed by atoms with Crippen molar-refractivity contribution in [2.45, 2.75) is 60.2 Å². The van der Waals surface area contributed by atoms with Gasteiger partial charge >= 0.3 is 0 Å². The molecule has 12 heteroatoms. The number of thiophene rings is 2. The van der Waals surface area contributed by atoms with E-state index in [9.17, 15) is 0 Å². The second-order valence-corrected chi connectivity index (χ2v) is 18.6. The van der Waals surface area contributed by atoms with Crippen molar-refractivity contribution in [2.24, 2.45) is 0 Å². The molecule has 29 heavy (non-hydrogen) atoms. The minimum atomic E-state index is -1.01. The van der Waals surface area contributed by atoms with Crippen LogP contribution in [0.4, 0.5) is 0 Å². The Kier molecular flexibility index (Phi) is 18.3. The summed E-state index contributed by atoms with van der Waals surface area (Å²) in [4.78, 5) is 0. The van der Waals surface area contributed by atoms with Crippen LogP contribution in [-0.4, -0.2) is 21.4 Å². The fraction of sp³-hybridized carbons (Fsp3) is 0.529. The van der Waals surface area contributed by atoms with Crippen LogP contribution in [0.1, 0.15) is 46.2 Å². The van der Waals surface area contributed by atoms with Crippen molar-refractivity contribution in [2.75, 3.05) is 0 Å². The fourth-order valence-electron chi connectivity index (χ4n) is 1.40. The van der Waals surface area contributed by atoms with Crippen LogP contribution in [0.25, 0.3) is 9.40 Å². The van der Waals surface area contributed by atoms with E-state index in [1.165, 1.54) is 38.3 Å². The average Bonchev–Trinajstić information content (AvgIpc) is 3.14. The second kappa shape index (κ2) is 16.5. The van der Waals surface area contributed by atoms with Gasteiger partial charge in [-0.15, -0.1) is 22.7 Å². The van der Waals surface area contributed by atoms with Gasteiger partial charge in [-0.1, -0.05) is 19.3 Å². The number of hydrogen-bond acceptors (Lipinski definition) is 6. The lowest BCUT2D eigenvalue weighted by molar-refractivity contribution is 0.131. The van der Waals surface area contributed by atoms with Crippen LogP contribution in [0.15, 0.2) is 10.8 Å². The molecule has 0 spiro atoms. The molecule has 166 valence electrons. The molecule has 0 aromatic carbocycles. The van der Waals surface area contributed by atoms with Gasteiger partial charge in [-0.2, -0.15) is 0 Å². The van der Waals surface area contributed by atoms with E-state index in [0.29, 0.717) is 0 Å². The predicted octanol–water partition coefficient (Wildman–Crippen LogP) is 4.73. The van der Waals surface area contributed by atoms with Crippen LogP contribution in [0.3, 0.4) is 0 Å². The second-order valence-electron chi connectivity index (χ2n) is 6.27. The summed E-state index contributed by atoms with van der Waals surface area (Å²) in [5.41, 5.74) is 0.830. The monoisotopic (exact) mass is 582 g/mol. The third-order valence-corrected chi connectivity index (χ3v) is 16.1. The fourth-order valence-corrected chi connectivity index (χ4v) is 14.7. The van der Waals surface area contributed by atoms with Crippen LogP contribution < -0.4 is 0 Å². The number of aliphatic hydroxyl groups is 2. The molecule has 0 aliphatic carbocycles. The topological polar surface area (TPSA) is 40.5 Å². The molecule has 0 aliphatic rings. The molecule has 0 aliphatic heterocycles. The lowest BCUT2D eigenvalue weighted by Gasteiger charge is -2.10. The molecule has 2 aromatic rings. The molecule has 2 nitrogen and oxygen atoms in total. The van der Waals surface area contributed by atoms with E-state index in [4.69, 9.17) is 10.2 Å². The molecule has 0 saturated carbocycles. The van der Waals surface area contributed by atoms with Crippen molar-refractivity contribution >= 4 is 108 Å². The van der Waals surface area contributed by atoms with Gasteiger partial charge in [0.1, 0.15) is 11.2 Å². The molecule has 2 N–H and O–H groups in total. The van der Waals surface area contributed by atoms with E-state index in [1.54, 1.807) is 63.2 Å². The molecule has 0 bridgehead atoms. The Balaban J connectivity index is 0. The summed E-state index contributed by atoms with van der Waals surface area (Å²) in [6, 6.07) is 0. The standard InChI is InChI=1S/C8H14O2.C8H8S2.CH4.S8/c1-7(2,9)5-6-8(3,4)10;1-5-3-9-8-6(2)4-10-7(5)8;;1-3-5-7-8-6-4-2/h9-10H,1-4H3;3-4H,1-2H3;1H4;. The Hall–Kier alpha value is 0.900. The van der Waals surface area contributed by atoms with Gasteiger partial charge in [-0.05, 0) is 63.4 Å². The Morgan fingerprint density at radius 3 is 1.31 bits per heavy atom. The third kappa shape index (κ3) is 17.2. The van der Waals surface area contributed by atoms with Crippen LogP contribution in [0, 0.1) is 25.7 Å². The van der Waals surface area contributed by atoms with Gasteiger partial charge in [0.25, 0.3) is 0 Å². The zero-order chi connectivity index (χ0) is 21.8. The smallest absolute Gasteiger partial charge is 0.120 e. The van der Waals surface area contributed by atoms with Gasteiger partial charge in [-0.25, -0.2) is 0 Å². The minimum Gasteiger partial charge on any atom is -0.378 e. The van der Waals surface area contributed by atoms with Crippen molar-refractivity contribution in [1.82, 2.24) is 0 Å². The summed E-state index contributed by atoms with van der Waals surface area (Å²) >= 11 is 12.9. The highest BCUT2D eigenvalue weighted by Crippen LogP contribution is 2.33. The Morgan fingerprint density at radius 2 is 1.07 bits per heavy atom. The SMILES string of the molecule is C.CC(C)(O)C#CC(C)(C)O.Cc1csc2c(C)csc12.S=S=S=S=S=S=S=S. The Bertz CT molecular complexity index is 983. The number of aryl methyl sites for hydroxylation is 2. The number of hydrogen-bond donors (Lipinski definition) is 2. The summed E-state index contributed by atoms with van der Waals surface area (Å²) in [7, 11) is 9.12. The first-order chi connectivity index (χ1) is 12.9. The van der Waals surface area contributed by atoms with Crippen molar-refractivity contribution < 1.29 is 10.2 Å². The highest BCUT2D eigenvalue weighted by atomic mass is 33.4. The molecular formula is C17H26O2S10. The van der Waals surface area contributed by atoms with Gasteiger partial charge in [0.2, 0.25) is 0 Å². The van der Waals surface area contributed by atoms with Crippen LogP contribution in [0.2, 0.25) is 0 Å². The number of rotatable bonds is 0. The van der Waals surface area contributed by atoms with Crippen LogP contribution in [0.5, 0.6) is 0 Å². The van der Waals surface area contributed by atoms with Gasteiger partial charge in [-0.3, -0.25) is 0 Å². The minimum absolute atomic E-state index is 0. The van der Waals surface area contributed by atoms with E-state index in [2.05, 4.69) is 58.8 Å². The van der Waals surface area contributed by atoms with Crippen molar-refractivity contribution in [1.29, 1.82) is 0 Å². The average molecular weight is 583 g/mol. The molecule has 0 atom stereocenters. The molecule has 0 unspecified atom stereocenters. The normalized spacial score (nSPS) is 9.79. The molecule has 0 radical (unpaired) electrons. The van der Waals surface area contributed by atoms with Crippen LogP contribution in [-0.2, 0) is 75.7 Å². The number of fused-ring (bicyclic) bond motifs is 1. The largest absolute Gasteiger partial charge is 0.378 e. The lowest BCUT2D eigenvalue weighted by atomic mass is 10.1. The molecule has 2 rings (SSSR count). The van der Waals surface area contributed by atoms with Gasteiger partial charge in [0, 0.05) is 85.1 Å². The lowest BCUT2D eigenvalue weighted by Crippen LogP contribution is -2.20. The summed E-state index contributed by atoms with van der Waals surface area (Å²) in [6.07, 6.45) is 0. The maximum Gasteiger partial charge on any atom is 0.120 e. The van der Waals surface area contributed by atoms with Crippen LogP contribution >= 0.6 is 22.7 Å². The van der Waals surface area contributed by atoms with E-state index in [0.717, 1.165) is 0 Å². The Labute approximate surface area is 209 Å². The van der Waals surface area contributed by atoms with Crippen molar-refractivity contribution in [3.63, 3.8) is 0 Å². The summed E-state index contributed by atoms with van der Waals surface area (Å²) in [5.74, 6) is 5.03. The molecule has 0 fully saturated rings. The zero-order valence-corrected chi connectivity index (χ0v) is 24.3. The van der Waals surface area contributed by atoms with Gasteiger partial charge in [0.05, 0.1) is 0 Å². The third-order valence-electron chi connectivity index (χ3n) is 2.44.